The first kappa shape index (κ1) is 9.73. The van der Waals surface area contributed by atoms with Crippen molar-refractivity contribution in [3.8, 4) is 11.8 Å². The van der Waals surface area contributed by atoms with Crippen molar-refractivity contribution in [2.75, 3.05) is 0 Å². The maximum absolute atomic E-state index is 4.08. The Morgan fingerprint density at radius 1 is 1.23 bits per heavy atom. The van der Waals surface area contributed by atoms with Crippen molar-refractivity contribution < 1.29 is 0 Å². The Balaban J connectivity index is 2.85. The van der Waals surface area contributed by atoms with E-state index in [-0.39, 0.29) is 5.41 Å². The van der Waals surface area contributed by atoms with Gasteiger partial charge in [0.15, 0.2) is 0 Å². The molecule has 0 aliphatic carbocycles. The van der Waals surface area contributed by atoms with E-state index in [1.807, 2.05) is 0 Å². The summed E-state index contributed by atoms with van der Waals surface area (Å²) in [5.41, 5.74) is 1.37. The maximum atomic E-state index is 4.08. The van der Waals surface area contributed by atoms with Crippen LogP contribution in [0.5, 0.6) is 0 Å². The predicted molar refractivity (Wildman–Crippen MR) is 52.8 cm³/mol. The number of rotatable bonds is 0. The van der Waals surface area contributed by atoms with Gasteiger partial charge in [-0.15, -0.1) is 0 Å². The van der Waals surface area contributed by atoms with Crippen LogP contribution < -0.4 is 0 Å². The van der Waals surface area contributed by atoms with Crippen molar-refractivity contribution in [1.82, 2.24) is 9.97 Å². The highest BCUT2D eigenvalue weighted by molar-refractivity contribution is 5.27. The van der Waals surface area contributed by atoms with Crippen molar-refractivity contribution in [2.24, 2.45) is 5.41 Å². The van der Waals surface area contributed by atoms with Crippen LogP contribution in [0.2, 0.25) is 0 Å². The Bertz CT molecular complexity index is 333. The van der Waals surface area contributed by atoms with E-state index in [0.717, 1.165) is 0 Å². The van der Waals surface area contributed by atoms with Gasteiger partial charge in [-0.05, 0) is 33.6 Å². The van der Waals surface area contributed by atoms with Gasteiger partial charge in [0.2, 0.25) is 0 Å². The molecule has 1 radical (unpaired) electrons. The molecule has 0 saturated carbocycles. The van der Waals surface area contributed by atoms with Crippen LogP contribution in [0.15, 0.2) is 12.4 Å². The van der Waals surface area contributed by atoms with E-state index in [0.29, 0.717) is 11.4 Å². The SMILES string of the molecule is [CH2]c1cnc(C#CC(C)(C)C)cn1. The molecule has 2 heteroatoms. The van der Waals surface area contributed by atoms with Crippen LogP contribution in [-0.2, 0) is 0 Å². The van der Waals surface area contributed by atoms with Gasteiger partial charge in [0.1, 0.15) is 5.69 Å². The van der Waals surface area contributed by atoms with Crippen molar-refractivity contribution in [3.05, 3.63) is 30.7 Å². The lowest BCUT2D eigenvalue weighted by atomic mass is 9.98. The molecule has 0 atom stereocenters. The van der Waals surface area contributed by atoms with E-state index >= 15 is 0 Å². The lowest BCUT2D eigenvalue weighted by molar-refractivity contribution is 0.571. The Kier molecular flexibility index (Phi) is 2.67. The summed E-state index contributed by atoms with van der Waals surface area (Å²) in [5, 5.41) is 0. The molecule has 0 aliphatic rings. The average Bonchev–Trinajstić information content (AvgIpc) is 2.02. The Labute approximate surface area is 79.4 Å². The average molecular weight is 173 g/mol. The quantitative estimate of drug-likeness (QED) is 0.561. The molecule has 1 rings (SSSR count). The second-order valence-corrected chi connectivity index (χ2v) is 3.89. The van der Waals surface area contributed by atoms with Gasteiger partial charge in [0.05, 0.1) is 11.9 Å². The highest BCUT2D eigenvalue weighted by atomic mass is 14.8. The fraction of sp³-hybridized carbons (Fsp3) is 0.364. The van der Waals surface area contributed by atoms with Crippen LogP contribution in [0, 0.1) is 24.2 Å². The van der Waals surface area contributed by atoms with Gasteiger partial charge in [-0.1, -0.05) is 5.92 Å². The van der Waals surface area contributed by atoms with Gasteiger partial charge in [0.25, 0.3) is 0 Å². The number of nitrogens with zero attached hydrogens (tertiary/aromatic N) is 2. The summed E-state index contributed by atoms with van der Waals surface area (Å²) >= 11 is 0. The number of aromatic nitrogens is 2. The molecule has 0 aliphatic heterocycles. The monoisotopic (exact) mass is 173 g/mol. The van der Waals surface area contributed by atoms with E-state index in [1.54, 1.807) is 12.4 Å². The maximum Gasteiger partial charge on any atom is 0.131 e. The summed E-state index contributed by atoms with van der Waals surface area (Å²) in [6.07, 6.45) is 3.26. The van der Waals surface area contributed by atoms with Gasteiger partial charge >= 0.3 is 0 Å². The molecule has 1 heterocycles. The Morgan fingerprint density at radius 3 is 2.38 bits per heavy atom. The van der Waals surface area contributed by atoms with Crippen molar-refractivity contribution in [2.45, 2.75) is 20.8 Å². The molecule has 67 valence electrons. The van der Waals surface area contributed by atoms with Gasteiger partial charge in [0, 0.05) is 11.6 Å². The largest absolute Gasteiger partial charge is 0.257 e. The normalized spacial score (nSPS) is 10.5. The first-order valence-electron chi connectivity index (χ1n) is 4.14. The predicted octanol–water partition coefficient (Wildman–Crippen LogP) is 2.06. The van der Waals surface area contributed by atoms with Gasteiger partial charge in [-0.25, -0.2) is 4.98 Å². The fourth-order valence-corrected chi connectivity index (χ4v) is 0.671. The molecule has 0 bridgehead atoms. The zero-order chi connectivity index (χ0) is 9.90. The number of hydrogen-bond donors (Lipinski definition) is 0. The minimum absolute atomic E-state index is 0.00478. The molecule has 1 aromatic rings. The Morgan fingerprint density at radius 2 is 1.92 bits per heavy atom. The summed E-state index contributed by atoms with van der Waals surface area (Å²) in [4.78, 5) is 8.09. The molecule has 0 N–H and O–H groups in total. The molecular weight excluding hydrogens is 160 g/mol. The van der Waals surface area contributed by atoms with Crippen molar-refractivity contribution in [3.63, 3.8) is 0 Å². The van der Waals surface area contributed by atoms with Crippen LogP contribution in [0.1, 0.15) is 32.2 Å². The van der Waals surface area contributed by atoms with E-state index < -0.39 is 0 Å². The minimum atomic E-state index is 0.00478. The molecule has 0 fully saturated rings. The lowest BCUT2D eigenvalue weighted by Crippen LogP contribution is -1.99. The highest BCUT2D eigenvalue weighted by Crippen LogP contribution is 2.10. The van der Waals surface area contributed by atoms with E-state index in [2.05, 4.69) is 49.5 Å². The molecule has 1 aromatic heterocycles. The van der Waals surface area contributed by atoms with E-state index in [1.165, 1.54) is 0 Å². The highest BCUT2D eigenvalue weighted by Gasteiger charge is 2.03. The molecule has 0 spiro atoms. The van der Waals surface area contributed by atoms with Crippen LogP contribution in [0.4, 0.5) is 0 Å². The molecule has 13 heavy (non-hydrogen) atoms. The number of hydrogen-bond acceptors (Lipinski definition) is 2. The third-order valence-electron chi connectivity index (χ3n) is 1.27. The van der Waals surface area contributed by atoms with Gasteiger partial charge in [-0.2, -0.15) is 0 Å². The third kappa shape index (κ3) is 3.71. The van der Waals surface area contributed by atoms with Crippen LogP contribution in [-0.4, -0.2) is 9.97 Å². The summed E-state index contributed by atoms with van der Waals surface area (Å²) in [6.45, 7) is 9.82. The molecule has 0 aromatic carbocycles. The summed E-state index contributed by atoms with van der Waals surface area (Å²) in [7, 11) is 0. The molecule has 0 amide bonds. The zero-order valence-corrected chi connectivity index (χ0v) is 8.26. The molecule has 0 saturated heterocycles. The van der Waals surface area contributed by atoms with E-state index in [4.69, 9.17) is 0 Å². The van der Waals surface area contributed by atoms with Gasteiger partial charge < -0.3 is 0 Å². The lowest BCUT2D eigenvalue weighted by Gasteiger charge is -2.06. The summed E-state index contributed by atoms with van der Waals surface area (Å²) < 4.78 is 0. The van der Waals surface area contributed by atoms with Crippen LogP contribution in [0.25, 0.3) is 0 Å². The molecule has 0 unspecified atom stereocenters. The van der Waals surface area contributed by atoms with Gasteiger partial charge in [-0.3, -0.25) is 4.98 Å². The summed E-state index contributed by atoms with van der Waals surface area (Å²) in [5.74, 6) is 6.05. The third-order valence-corrected chi connectivity index (χ3v) is 1.27. The van der Waals surface area contributed by atoms with Crippen LogP contribution >= 0.6 is 0 Å². The second kappa shape index (κ2) is 3.57. The first-order valence-corrected chi connectivity index (χ1v) is 4.14. The van der Waals surface area contributed by atoms with E-state index in [9.17, 15) is 0 Å². The second-order valence-electron chi connectivity index (χ2n) is 3.89. The van der Waals surface area contributed by atoms with Crippen LogP contribution in [0.3, 0.4) is 0 Å². The first-order chi connectivity index (χ1) is 5.97. The van der Waals surface area contributed by atoms with Crippen molar-refractivity contribution in [1.29, 1.82) is 0 Å². The smallest absolute Gasteiger partial charge is 0.131 e. The molecule has 2 nitrogen and oxygen atoms in total. The Hall–Kier alpha value is -1.36. The summed E-state index contributed by atoms with van der Waals surface area (Å²) in [6, 6.07) is 0. The zero-order valence-electron chi connectivity index (χ0n) is 8.26. The topological polar surface area (TPSA) is 25.8 Å². The fourth-order valence-electron chi connectivity index (χ4n) is 0.671. The minimum Gasteiger partial charge on any atom is -0.257 e. The van der Waals surface area contributed by atoms with Crippen molar-refractivity contribution >= 4 is 0 Å². The standard InChI is InChI=1S/C11H13N2/c1-9-7-13-10(8-12-9)5-6-11(2,3)4/h7-8H,1H2,2-4H3. The molecular formula is C11H13N2.